The van der Waals surface area contributed by atoms with Gasteiger partial charge in [-0.05, 0) is 38.6 Å². The van der Waals surface area contributed by atoms with Gasteiger partial charge in [0.05, 0.1) is 5.60 Å². The van der Waals surface area contributed by atoms with E-state index in [1.165, 1.54) is 19.3 Å². The lowest BCUT2D eigenvalue weighted by Crippen LogP contribution is -2.49. The zero-order chi connectivity index (χ0) is 13.8. The second-order valence-corrected chi connectivity index (χ2v) is 6.92. The van der Waals surface area contributed by atoms with Crippen LogP contribution in [0.25, 0.3) is 0 Å². The summed E-state index contributed by atoms with van der Waals surface area (Å²) < 4.78 is 0. The average molecular weight is 256 g/mol. The van der Waals surface area contributed by atoms with E-state index in [1.807, 2.05) is 6.92 Å². The van der Waals surface area contributed by atoms with Gasteiger partial charge in [-0.1, -0.05) is 27.7 Å². The molecule has 1 saturated carbocycles. The number of nitrogens with zero attached hydrogens (tertiary/aromatic N) is 1. The highest BCUT2D eigenvalue weighted by Crippen LogP contribution is 2.28. The number of rotatable bonds is 9. The van der Waals surface area contributed by atoms with Gasteiger partial charge in [0, 0.05) is 25.2 Å². The summed E-state index contributed by atoms with van der Waals surface area (Å²) in [5.41, 5.74) is -0.621. The zero-order valence-corrected chi connectivity index (χ0v) is 12.9. The highest BCUT2D eigenvalue weighted by Gasteiger charge is 2.33. The van der Waals surface area contributed by atoms with Crippen molar-refractivity contribution in [3.05, 3.63) is 0 Å². The van der Waals surface area contributed by atoms with Crippen molar-refractivity contribution in [1.82, 2.24) is 10.2 Å². The van der Waals surface area contributed by atoms with Crippen molar-refractivity contribution in [3.8, 4) is 0 Å². The van der Waals surface area contributed by atoms with Gasteiger partial charge >= 0.3 is 0 Å². The third-order valence-electron chi connectivity index (χ3n) is 3.49. The van der Waals surface area contributed by atoms with Crippen LogP contribution in [0.5, 0.6) is 0 Å². The molecule has 0 aromatic carbocycles. The molecular formula is C15H32N2O. The summed E-state index contributed by atoms with van der Waals surface area (Å²) in [4.78, 5) is 2.49. The van der Waals surface area contributed by atoms with Crippen molar-refractivity contribution in [2.75, 3.05) is 19.6 Å². The molecule has 0 radical (unpaired) electrons. The largest absolute Gasteiger partial charge is 0.388 e. The summed E-state index contributed by atoms with van der Waals surface area (Å²) in [5, 5.41) is 13.8. The molecule has 1 aliphatic carbocycles. The van der Waals surface area contributed by atoms with Crippen LogP contribution in [-0.2, 0) is 0 Å². The van der Waals surface area contributed by atoms with E-state index in [-0.39, 0.29) is 0 Å². The van der Waals surface area contributed by atoms with E-state index in [4.69, 9.17) is 0 Å². The molecule has 0 heterocycles. The van der Waals surface area contributed by atoms with Crippen LogP contribution >= 0.6 is 0 Å². The molecule has 0 aromatic rings. The minimum atomic E-state index is -0.621. The Morgan fingerprint density at radius 1 is 1.28 bits per heavy atom. The number of aliphatic hydroxyl groups is 1. The number of hydrogen-bond acceptors (Lipinski definition) is 3. The van der Waals surface area contributed by atoms with Gasteiger partial charge < -0.3 is 10.4 Å². The maximum absolute atomic E-state index is 10.5. The van der Waals surface area contributed by atoms with Gasteiger partial charge in [0.1, 0.15) is 0 Å². The molecule has 3 heteroatoms. The smallest absolute Gasteiger partial charge is 0.0869 e. The standard InChI is InChI=1S/C15H32N2O/c1-12(2)8-9-17(14-6-7-14)11-15(5,18)10-16-13(3)4/h12-14,16,18H,6-11H2,1-5H3. The lowest BCUT2D eigenvalue weighted by Gasteiger charge is -2.33. The fourth-order valence-electron chi connectivity index (χ4n) is 2.17. The Balaban J connectivity index is 2.38. The van der Waals surface area contributed by atoms with Gasteiger partial charge in [-0.3, -0.25) is 4.90 Å². The van der Waals surface area contributed by atoms with E-state index in [9.17, 15) is 5.11 Å². The predicted octanol–water partition coefficient (Wildman–Crippen LogP) is 2.25. The quantitative estimate of drug-likeness (QED) is 0.664. The van der Waals surface area contributed by atoms with Crippen LogP contribution in [0.1, 0.15) is 53.9 Å². The molecule has 0 amide bonds. The summed E-state index contributed by atoms with van der Waals surface area (Å²) in [6.45, 7) is 13.3. The van der Waals surface area contributed by atoms with E-state index in [0.717, 1.165) is 25.0 Å². The second-order valence-electron chi connectivity index (χ2n) is 6.92. The van der Waals surface area contributed by atoms with Gasteiger partial charge in [-0.25, -0.2) is 0 Å². The third kappa shape index (κ3) is 6.72. The first-order chi connectivity index (χ1) is 8.30. The van der Waals surface area contributed by atoms with Crippen LogP contribution < -0.4 is 5.32 Å². The molecule has 0 bridgehead atoms. The Bertz CT molecular complexity index is 235. The van der Waals surface area contributed by atoms with Crippen LogP contribution in [0.15, 0.2) is 0 Å². The van der Waals surface area contributed by atoms with Crippen LogP contribution in [0, 0.1) is 5.92 Å². The Morgan fingerprint density at radius 3 is 2.33 bits per heavy atom. The molecule has 108 valence electrons. The molecule has 1 rings (SSSR count). The Kier molecular flexibility index (Phi) is 6.09. The Labute approximate surface area is 113 Å². The summed E-state index contributed by atoms with van der Waals surface area (Å²) in [6, 6.07) is 1.16. The maximum Gasteiger partial charge on any atom is 0.0869 e. The first-order valence-corrected chi connectivity index (χ1v) is 7.50. The lowest BCUT2D eigenvalue weighted by atomic mass is 10.0. The van der Waals surface area contributed by atoms with Gasteiger partial charge in [0.2, 0.25) is 0 Å². The van der Waals surface area contributed by atoms with Crippen LogP contribution in [0.4, 0.5) is 0 Å². The van der Waals surface area contributed by atoms with Crippen molar-refractivity contribution in [1.29, 1.82) is 0 Å². The molecule has 2 N–H and O–H groups in total. The molecule has 0 spiro atoms. The molecule has 0 saturated heterocycles. The monoisotopic (exact) mass is 256 g/mol. The first-order valence-electron chi connectivity index (χ1n) is 7.50. The van der Waals surface area contributed by atoms with Gasteiger partial charge in [0.25, 0.3) is 0 Å². The third-order valence-corrected chi connectivity index (χ3v) is 3.49. The maximum atomic E-state index is 10.5. The van der Waals surface area contributed by atoms with E-state index in [1.54, 1.807) is 0 Å². The van der Waals surface area contributed by atoms with Gasteiger partial charge in [0.15, 0.2) is 0 Å². The van der Waals surface area contributed by atoms with Gasteiger partial charge in [-0.15, -0.1) is 0 Å². The molecule has 1 fully saturated rings. The summed E-state index contributed by atoms with van der Waals surface area (Å²) in [5.74, 6) is 0.741. The van der Waals surface area contributed by atoms with Crippen molar-refractivity contribution in [2.24, 2.45) is 5.92 Å². The van der Waals surface area contributed by atoms with E-state index < -0.39 is 5.60 Å². The average Bonchev–Trinajstić information content (AvgIpc) is 3.05. The summed E-state index contributed by atoms with van der Waals surface area (Å²) >= 11 is 0. The van der Waals surface area contributed by atoms with Crippen LogP contribution in [0.3, 0.4) is 0 Å². The van der Waals surface area contributed by atoms with Crippen molar-refractivity contribution in [3.63, 3.8) is 0 Å². The Hall–Kier alpha value is -0.120. The first kappa shape index (κ1) is 15.9. The number of nitrogens with one attached hydrogen (secondary N) is 1. The lowest BCUT2D eigenvalue weighted by molar-refractivity contribution is 0.0148. The minimum Gasteiger partial charge on any atom is -0.388 e. The second kappa shape index (κ2) is 6.88. The van der Waals surface area contributed by atoms with E-state index in [2.05, 4.69) is 37.9 Å². The van der Waals surface area contributed by atoms with E-state index in [0.29, 0.717) is 12.6 Å². The molecule has 1 aliphatic rings. The highest BCUT2D eigenvalue weighted by molar-refractivity contribution is 4.90. The molecule has 3 nitrogen and oxygen atoms in total. The van der Waals surface area contributed by atoms with Gasteiger partial charge in [-0.2, -0.15) is 0 Å². The molecular weight excluding hydrogens is 224 g/mol. The van der Waals surface area contributed by atoms with E-state index >= 15 is 0 Å². The molecule has 0 aliphatic heterocycles. The molecule has 1 unspecified atom stereocenters. The normalized spacial score (nSPS) is 19.8. The fraction of sp³-hybridized carbons (Fsp3) is 1.00. The van der Waals surface area contributed by atoms with Crippen LogP contribution in [-0.4, -0.2) is 47.3 Å². The van der Waals surface area contributed by atoms with Crippen molar-refractivity contribution >= 4 is 0 Å². The fourth-order valence-corrected chi connectivity index (χ4v) is 2.17. The highest BCUT2D eigenvalue weighted by atomic mass is 16.3. The Morgan fingerprint density at radius 2 is 1.89 bits per heavy atom. The van der Waals surface area contributed by atoms with Crippen molar-refractivity contribution in [2.45, 2.75) is 71.6 Å². The predicted molar refractivity (Wildman–Crippen MR) is 77.8 cm³/mol. The number of hydrogen-bond donors (Lipinski definition) is 2. The molecule has 18 heavy (non-hydrogen) atoms. The zero-order valence-electron chi connectivity index (χ0n) is 12.9. The molecule has 0 aromatic heterocycles. The minimum absolute atomic E-state index is 0.432. The summed E-state index contributed by atoms with van der Waals surface area (Å²) in [6.07, 6.45) is 3.85. The van der Waals surface area contributed by atoms with Crippen molar-refractivity contribution < 1.29 is 5.11 Å². The van der Waals surface area contributed by atoms with Crippen LogP contribution in [0.2, 0.25) is 0 Å². The molecule has 1 atom stereocenters. The summed E-state index contributed by atoms with van der Waals surface area (Å²) in [7, 11) is 0. The topological polar surface area (TPSA) is 35.5 Å². The SMILES string of the molecule is CC(C)CCN(CC(C)(O)CNC(C)C)C1CC1.